The number of benzene rings is 1. The van der Waals surface area contributed by atoms with Crippen LogP contribution in [-0.2, 0) is 11.8 Å². The second-order valence-electron chi connectivity index (χ2n) is 7.29. The summed E-state index contributed by atoms with van der Waals surface area (Å²) in [5.74, 6) is 1.87. The van der Waals surface area contributed by atoms with Gasteiger partial charge in [0.25, 0.3) is 0 Å². The monoisotopic (exact) mass is 328 g/mol. The molecule has 0 radical (unpaired) electrons. The highest BCUT2D eigenvalue weighted by Crippen LogP contribution is 2.29. The van der Waals surface area contributed by atoms with E-state index in [1.165, 1.54) is 30.3 Å². The summed E-state index contributed by atoms with van der Waals surface area (Å²) in [6.07, 6.45) is 7.17. The molecule has 0 spiro atoms. The lowest BCUT2D eigenvalue weighted by atomic mass is 9.98. The fraction of sp³-hybridized carbons (Fsp3) is 0.600. The van der Waals surface area contributed by atoms with Crippen LogP contribution in [0.1, 0.15) is 25.7 Å². The molecule has 0 unspecified atom stereocenters. The van der Waals surface area contributed by atoms with Gasteiger partial charge < -0.3 is 18.9 Å². The summed E-state index contributed by atoms with van der Waals surface area (Å²) in [5, 5.41) is 1.23. The first kappa shape index (κ1) is 16.0. The van der Waals surface area contributed by atoms with E-state index in [0.29, 0.717) is 6.10 Å². The zero-order valence-corrected chi connectivity index (χ0v) is 14.6. The molecule has 0 amide bonds. The van der Waals surface area contributed by atoms with Crippen LogP contribution >= 0.6 is 0 Å². The van der Waals surface area contributed by atoms with Gasteiger partial charge >= 0.3 is 0 Å². The van der Waals surface area contributed by atoms with E-state index in [2.05, 4.69) is 47.0 Å². The number of hydrogen-bond acceptors (Lipinski definition) is 3. The minimum Gasteiger partial charge on any atom is -0.490 e. The van der Waals surface area contributed by atoms with Crippen LogP contribution in [0, 0.1) is 5.92 Å². The highest BCUT2D eigenvalue weighted by atomic mass is 16.5. The third kappa shape index (κ3) is 3.45. The van der Waals surface area contributed by atoms with E-state index >= 15 is 0 Å². The lowest BCUT2D eigenvalue weighted by Gasteiger charge is -2.35. The first-order chi connectivity index (χ1) is 11.8. The number of likely N-dealkylation sites (tertiary alicyclic amines) is 1. The van der Waals surface area contributed by atoms with Gasteiger partial charge in [0, 0.05) is 51.5 Å². The molecule has 3 heterocycles. The second kappa shape index (κ2) is 7.16. The molecular weight excluding hydrogens is 300 g/mol. The number of fused-ring (bicyclic) bond motifs is 1. The lowest BCUT2D eigenvalue weighted by molar-refractivity contribution is 0.0391. The molecule has 0 atom stereocenters. The highest BCUT2D eigenvalue weighted by molar-refractivity contribution is 5.86. The molecule has 4 nitrogen and oxygen atoms in total. The lowest BCUT2D eigenvalue weighted by Crippen LogP contribution is -2.41. The SMILES string of the molecule is Cn1ccc2c(OC3CCN(CC4CCOCC4)CC3)cccc21. The van der Waals surface area contributed by atoms with Crippen LogP contribution in [0.4, 0.5) is 0 Å². The largest absolute Gasteiger partial charge is 0.490 e. The van der Waals surface area contributed by atoms with Gasteiger partial charge in [-0.2, -0.15) is 0 Å². The van der Waals surface area contributed by atoms with Crippen LogP contribution < -0.4 is 4.74 Å². The predicted octanol–water partition coefficient (Wildman–Crippen LogP) is 3.45. The fourth-order valence-electron chi connectivity index (χ4n) is 4.06. The molecule has 0 bridgehead atoms. The molecule has 2 aliphatic heterocycles. The number of aryl methyl sites for hydroxylation is 1. The van der Waals surface area contributed by atoms with E-state index in [9.17, 15) is 0 Å². The van der Waals surface area contributed by atoms with Crippen molar-refractivity contribution in [2.45, 2.75) is 31.8 Å². The molecule has 2 fully saturated rings. The van der Waals surface area contributed by atoms with Crippen molar-refractivity contribution < 1.29 is 9.47 Å². The van der Waals surface area contributed by atoms with Crippen molar-refractivity contribution >= 4 is 10.9 Å². The normalized spacial score (nSPS) is 21.4. The van der Waals surface area contributed by atoms with Crippen molar-refractivity contribution in [3.05, 3.63) is 30.5 Å². The number of piperidine rings is 1. The van der Waals surface area contributed by atoms with Gasteiger partial charge in [-0.1, -0.05) is 6.07 Å². The quantitative estimate of drug-likeness (QED) is 0.860. The molecule has 130 valence electrons. The molecule has 1 aromatic heterocycles. The zero-order chi connectivity index (χ0) is 16.4. The van der Waals surface area contributed by atoms with Crippen molar-refractivity contribution in [2.75, 3.05) is 32.8 Å². The topological polar surface area (TPSA) is 26.6 Å². The van der Waals surface area contributed by atoms with E-state index in [1.54, 1.807) is 0 Å². The minimum absolute atomic E-state index is 0.349. The van der Waals surface area contributed by atoms with Gasteiger partial charge in [0.2, 0.25) is 0 Å². The van der Waals surface area contributed by atoms with Crippen LogP contribution in [0.2, 0.25) is 0 Å². The zero-order valence-electron chi connectivity index (χ0n) is 14.6. The van der Waals surface area contributed by atoms with Crippen molar-refractivity contribution in [1.29, 1.82) is 0 Å². The van der Waals surface area contributed by atoms with Crippen LogP contribution in [0.15, 0.2) is 30.5 Å². The molecular formula is C20H28N2O2. The Balaban J connectivity index is 1.32. The number of ether oxygens (including phenoxy) is 2. The molecule has 4 rings (SSSR count). The maximum Gasteiger partial charge on any atom is 0.129 e. The van der Waals surface area contributed by atoms with E-state index in [4.69, 9.17) is 9.47 Å². The summed E-state index contributed by atoms with van der Waals surface area (Å²) < 4.78 is 14.0. The summed E-state index contributed by atoms with van der Waals surface area (Å²) in [6.45, 7) is 5.46. The summed E-state index contributed by atoms with van der Waals surface area (Å²) >= 11 is 0. The van der Waals surface area contributed by atoms with Gasteiger partial charge in [-0.3, -0.25) is 0 Å². The van der Waals surface area contributed by atoms with Crippen LogP contribution in [-0.4, -0.2) is 48.4 Å². The number of hydrogen-bond donors (Lipinski definition) is 0. The Morgan fingerprint density at radius 1 is 1.08 bits per heavy atom. The highest BCUT2D eigenvalue weighted by Gasteiger charge is 2.24. The third-order valence-electron chi connectivity index (χ3n) is 5.57. The Hall–Kier alpha value is -1.52. The first-order valence-electron chi connectivity index (χ1n) is 9.30. The fourth-order valence-corrected chi connectivity index (χ4v) is 4.06. The van der Waals surface area contributed by atoms with E-state index in [-0.39, 0.29) is 0 Å². The van der Waals surface area contributed by atoms with Crippen LogP contribution in [0.3, 0.4) is 0 Å². The Bertz CT molecular complexity index is 667. The predicted molar refractivity (Wildman–Crippen MR) is 96.6 cm³/mol. The van der Waals surface area contributed by atoms with E-state index < -0.39 is 0 Å². The first-order valence-corrected chi connectivity index (χ1v) is 9.30. The molecule has 2 saturated heterocycles. The Morgan fingerprint density at radius 2 is 1.88 bits per heavy atom. The van der Waals surface area contributed by atoms with Crippen LogP contribution in [0.5, 0.6) is 5.75 Å². The minimum atomic E-state index is 0.349. The molecule has 2 aliphatic rings. The van der Waals surface area contributed by atoms with Gasteiger partial charge in [0.1, 0.15) is 11.9 Å². The number of nitrogens with zero attached hydrogens (tertiary/aromatic N) is 2. The van der Waals surface area contributed by atoms with Gasteiger partial charge in [0.05, 0.1) is 5.52 Å². The average Bonchev–Trinajstić information content (AvgIpc) is 3.00. The molecule has 0 saturated carbocycles. The second-order valence-corrected chi connectivity index (χ2v) is 7.29. The maximum atomic E-state index is 6.36. The average molecular weight is 328 g/mol. The Labute approximate surface area is 144 Å². The van der Waals surface area contributed by atoms with Gasteiger partial charge in [-0.05, 0) is 49.8 Å². The molecule has 2 aromatic rings. The smallest absolute Gasteiger partial charge is 0.129 e. The Morgan fingerprint density at radius 3 is 2.67 bits per heavy atom. The van der Waals surface area contributed by atoms with Crippen molar-refractivity contribution in [1.82, 2.24) is 9.47 Å². The molecule has 1 aromatic carbocycles. The van der Waals surface area contributed by atoms with Crippen molar-refractivity contribution in [3.63, 3.8) is 0 Å². The van der Waals surface area contributed by atoms with E-state index in [1.807, 2.05) is 0 Å². The van der Waals surface area contributed by atoms with Crippen molar-refractivity contribution in [2.24, 2.45) is 13.0 Å². The summed E-state index contributed by atoms with van der Waals surface area (Å²) in [5.41, 5.74) is 1.24. The summed E-state index contributed by atoms with van der Waals surface area (Å²) in [7, 11) is 2.08. The molecule has 4 heteroatoms. The van der Waals surface area contributed by atoms with Crippen LogP contribution in [0.25, 0.3) is 10.9 Å². The van der Waals surface area contributed by atoms with Crippen molar-refractivity contribution in [3.8, 4) is 5.75 Å². The molecule has 0 aliphatic carbocycles. The van der Waals surface area contributed by atoms with Gasteiger partial charge in [-0.15, -0.1) is 0 Å². The molecule has 0 N–H and O–H groups in total. The van der Waals surface area contributed by atoms with E-state index in [0.717, 1.165) is 50.8 Å². The number of aromatic nitrogens is 1. The Kier molecular flexibility index (Phi) is 4.76. The molecule has 24 heavy (non-hydrogen) atoms. The van der Waals surface area contributed by atoms with Gasteiger partial charge in [-0.25, -0.2) is 0 Å². The standard InChI is InChI=1S/C20H28N2O2/c1-21-10-7-18-19(21)3-2-4-20(18)24-17-5-11-22(12-6-17)15-16-8-13-23-14-9-16/h2-4,7,10,16-17H,5-6,8-9,11-15H2,1H3. The summed E-state index contributed by atoms with van der Waals surface area (Å²) in [6, 6.07) is 8.51. The number of rotatable bonds is 4. The maximum absolute atomic E-state index is 6.36. The summed E-state index contributed by atoms with van der Waals surface area (Å²) in [4.78, 5) is 2.62. The van der Waals surface area contributed by atoms with Gasteiger partial charge in [0.15, 0.2) is 0 Å². The third-order valence-corrected chi connectivity index (χ3v) is 5.57.